The Bertz CT molecular complexity index is 742. The van der Waals surface area contributed by atoms with Crippen molar-refractivity contribution in [2.75, 3.05) is 0 Å². The highest BCUT2D eigenvalue weighted by atomic mass is 35.5. The quantitative estimate of drug-likeness (QED) is 0.373. The van der Waals surface area contributed by atoms with Crippen molar-refractivity contribution in [3.05, 3.63) is 90.0 Å². The molecule has 0 amide bonds. The highest BCUT2D eigenvalue weighted by molar-refractivity contribution is 7.11. The van der Waals surface area contributed by atoms with Crippen LogP contribution in [-0.2, 0) is 0 Å². The SMILES string of the molecule is CCCCCC[B-](c1ccccc1)(c1ccccc1)c1ccc(Cl)cc1. The average Bonchev–Trinajstić information content (AvgIpc) is 2.71. The van der Waals surface area contributed by atoms with Gasteiger partial charge in [-0.05, 0) is 12.1 Å². The first-order valence-corrected chi connectivity index (χ1v) is 10.2. The summed E-state index contributed by atoms with van der Waals surface area (Å²) in [6.45, 7) is 2.27. The van der Waals surface area contributed by atoms with Gasteiger partial charge in [0.25, 0.3) is 0 Å². The maximum Gasteiger partial charge on any atom is 0.0814 e. The van der Waals surface area contributed by atoms with Crippen LogP contribution in [0.5, 0.6) is 0 Å². The Hall–Kier alpha value is -1.99. The smallest absolute Gasteiger partial charge is 0.0814 e. The van der Waals surface area contributed by atoms with Gasteiger partial charge in [-0.1, -0.05) is 117 Å². The van der Waals surface area contributed by atoms with E-state index in [1.54, 1.807) is 0 Å². The van der Waals surface area contributed by atoms with E-state index >= 15 is 0 Å². The summed E-state index contributed by atoms with van der Waals surface area (Å²) in [7, 11) is 0. The number of halogens is 1. The Morgan fingerprint density at radius 1 is 0.615 bits per heavy atom. The highest BCUT2D eigenvalue weighted by Gasteiger charge is 2.29. The largest absolute Gasteiger partial charge is 0.200 e. The van der Waals surface area contributed by atoms with E-state index in [1.807, 2.05) is 12.1 Å². The zero-order valence-electron chi connectivity index (χ0n) is 15.6. The van der Waals surface area contributed by atoms with Gasteiger partial charge in [-0.2, -0.15) is 22.7 Å². The van der Waals surface area contributed by atoms with E-state index in [2.05, 4.69) is 79.7 Å². The number of unbranched alkanes of at least 4 members (excludes halogenated alkanes) is 3. The normalized spacial score (nSPS) is 11.5. The van der Waals surface area contributed by atoms with Crippen LogP contribution in [-0.4, -0.2) is 6.15 Å². The summed E-state index contributed by atoms with van der Waals surface area (Å²) < 4.78 is 0. The summed E-state index contributed by atoms with van der Waals surface area (Å²) in [4.78, 5) is 0. The lowest BCUT2D eigenvalue weighted by molar-refractivity contribution is 0.698. The Labute approximate surface area is 163 Å². The van der Waals surface area contributed by atoms with Crippen LogP contribution < -0.4 is 16.4 Å². The molecule has 0 atom stereocenters. The van der Waals surface area contributed by atoms with Gasteiger partial charge in [0, 0.05) is 5.02 Å². The molecule has 26 heavy (non-hydrogen) atoms. The van der Waals surface area contributed by atoms with Gasteiger partial charge < -0.3 is 0 Å². The standard InChI is InChI=1S/C24H27BCl/c1-2-3-4-11-20-25(21-12-7-5-8-13-21,22-14-9-6-10-15-22)23-16-18-24(26)19-17-23/h5-10,12-19H,2-4,11,20H2,1H3/q-1. The second kappa shape index (κ2) is 9.10. The molecule has 0 aliphatic heterocycles. The van der Waals surface area contributed by atoms with Crippen LogP contribution in [0.2, 0.25) is 11.3 Å². The zero-order chi connectivity index (χ0) is 18.2. The molecule has 3 rings (SSSR count). The molecule has 2 heteroatoms. The lowest BCUT2D eigenvalue weighted by atomic mass is 9.14. The van der Waals surface area contributed by atoms with Crippen molar-refractivity contribution < 1.29 is 0 Å². The molecule has 134 valence electrons. The molecule has 0 saturated carbocycles. The summed E-state index contributed by atoms with van der Waals surface area (Å²) in [6, 6.07) is 30.6. The minimum Gasteiger partial charge on any atom is -0.200 e. The van der Waals surface area contributed by atoms with Crippen molar-refractivity contribution in [2.24, 2.45) is 0 Å². The average molecular weight is 362 g/mol. The molecular weight excluding hydrogens is 335 g/mol. The third-order valence-electron chi connectivity index (χ3n) is 5.67. The number of benzene rings is 3. The van der Waals surface area contributed by atoms with E-state index in [0.29, 0.717) is 0 Å². The molecule has 0 unspecified atom stereocenters. The van der Waals surface area contributed by atoms with Crippen molar-refractivity contribution in [1.29, 1.82) is 0 Å². The summed E-state index contributed by atoms with van der Waals surface area (Å²) in [5, 5.41) is 0.797. The van der Waals surface area contributed by atoms with Crippen LogP contribution >= 0.6 is 11.6 Å². The third kappa shape index (κ3) is 4.05. The Balaban J connectivity index is 2.15. The van der Waals surface area contributed by atoms with Crippen LogP contribution in [0.15, 0.2) is 84.9 Å². The number of rotatable bonds is 8. The van der Waals surface area contributed by atoms with Gasteiger partial charge >= 0.3 is 0 Å². The second-order valence-electron chi connectivity index (χ2n) is 7.27. The maximum atomic E-state index is 6.21. The van der Waals surface area contributed by atoms with E-state index < -0.39 is 6.15 Å². The lowest BCUT2D eigenvalue weighted by Crippen LogP contribution is -2.66. The van der Waals surface area contributed by atoms with Crippen molar-refractivity contribution in [2.45, 2.75) is 38.9 Å². The van der Waals surface area contributed by atoms with Crippen LogP contribution in [0.25, 0.3) is 0 Å². The molecule has 0 spiro atoms. The minimum absolute atomic E-state index is 0.797. The van der Waals surface area contributed by atoms with E-state index in [-0.39, 0.29) is 0 Å². The molecule has 0 radical (unpaired) electrons. The fourth-order valence-electron chi connectivity index (χ4n) is 4.31. The summed E-state index contributed by atoms with van der Waals surface area (Å²) in [5.74, 6) is 0. The first-order chi connectivity index (χ1) is 12.8. The Kier molecular flexibility index (Phi) is 6.58. The van der Waals surface area contributed by atoms with E-state index in [9.17, 15) is 0 Å². The fourth-order valence-corrected chi connectivity index (χ4v) is 4.44. The van der Waals surface area contributed by atoms with E-state index in [1.165, 1.54) is 42.1 Å². The molecule has 3 aromatic rings. The summed E-state index contributed by atoms with van der Waals surface area (Å²) in [5.41, 5.74) is 4.21. The monoisotopic (exact) mass is 361 g/mol. The van der Waals surface area contributed by atoms with Gasteiger partial charge in [0.05, 0.1) is 6.15 Å². The first-order valence-electron chi connectivity index (χ1n) is 9.81. The molecule has 0 fully saturated rings. The first kappa shape index (κ1) is 18.8. The van der Waals surface area contributed by atoms with Crippen molar-refractivity contribution >= 4 is 34.1 Å². The number of hydrogen-bond acceptors (Lipinski definition) is 0. The molecule has 0 heterocycles. The van der Waals surface area contributed by atoms with Gasteiger partial charge in [0.15, 0.2) is 0 Å². The summed E-state index contributed by atoms with van der Waals surface area (Å²) in [6.07, 6.45) is 5.25. The summed E-state index contributed by atoms with van der Waals surface area (Å²) >= 11 is 6.21. The van der Waals surface area contributed by atoms with Crippen molar-refractivity contribution in [3.8, 4) is 0 Å². The molecule has 0 aliphatic carbocycles. The molecule has 0 aliphatic rings. The molecule has 0 bridgehead atoms. The van der Waals surface area contributed by atoms with Gasteiger partial charge in [0.2, 0.25) is 0 Å². The van der Waals surface area contributed by atoms with Gasteiger partial charge in [0.1, 0.15) is 0 Å². The van der Waals surface area contributed by atoms with E-state index in [4.69, 9.17) is 11.6 Å². The maximum absolute atomic E-state index is 6.21. The highest BCUT2D eigenvalue weighted by Crippen LogP contribution is 2.18. The molecule has 0 nitrogen and oxygen atoms in total. The molecule has 3 aromatic carbocycles. The van der Waals surface area contributed by atoms with Gasteiger partial charge in [-0.15, -0.1) is 0 Å². The lowest BCUT2D eigenvalue weighted by Gasteiger charge is -2.43. The Morgan fingerprint density at radius 2 is 1.12 bits per heavy atom. The minimum atomic E-state index is -1.00. The fraction of sp³-hybridized carbons (Fsp3) is 0.250. The van der Waals surface area contributed by atoms with Gasteiger partial charge in [-0.3, -0.25) is 0 Å². The molecular formula is C24H27BCl-. The molecule has 0 saturated heterocycles. The Morgan fingerprint density at radius 3 is 1.62 bits per heavy atom. The van der Waals surface area contributed by atoms with Crippen LogP contribution in [0.4, 0.5) is 0 Å². The topological polar surface area (TPSA) is 0 Å². The van der Waals surface area contributed by atoms with E-state index in [0.717, 1.165) is 11.3 Å². The zero-order valence-corrected chi connectivity index (χ0v) is 16.3. The van der Waals surface area contributed by atoms with Crippen LogP contribution in [0.3, 0.4) is 0 Å². The van der Waals surface area contributed by atoms with Gasteiger partial charge in [-0.25, -0.2) is 0 Å². The predicted octanol–water partition coefficient (Wildman–Crippen LogP) is 5.39. The van der Waals surface area contributed by atoms with Crippen LogP contribution in [0, 0.1) is 0 Å². The number of hydrogen-bond donors (Lipinski definition) is 0. The third-order valence-corrected chi connectivity index (χ3v) is 5.92. The molecule has 0 aromatic heterocycles. The molecule has 0 N–H and O–H groups in total. The van der Waals surface area contributed by atoms with Crippen LogP contribution in [0.1, 0.15) is 32.6 Å². The second-order valence-corrected chi connectivity index (χ2v) is 7.70. The van der Waals surface area contributed by atoms with Crippen molar-refractivity contribution in [3.63, 3.8) is 0 Å². The van der Waals surface area contributed by atoms with Crippen molar-refractivity contribution in [1.82, 2.24) is 0 Å². The predicted molar refractivity (Wildman–Crippen MR) is 118 cm³/mol.